The largest absolute Gasteiger partial charge is 0.494 e. The van der Waals surface area contributed by atoms with Crippen molar-refractivity contribution in [1.82, 2.24) is 9.62 Å². The summed E-state index contributed by atoms with van der Waals surface area (Å²) in [6, 6.07) is 7.15. The van der Waals surface area contributed by atoms with Crippen molar-refractivity contribution in [3.63, 3.8) is 0 Å². The third kappa shape index (κ3) is 4.43. The molecule has 1 aromatic carbocycles. The lowest BCUT2D eigenvalue weighted by Crippen LogP contribution is -2.35. The lowest BCUT2D eigenvalue weighted by molar-refractivity contribution is 0.268. The zero-order chi connectivity index (χ0) is 15.3. The van der Waals surface area contributed by atoms with E-state index < -0.39 is 10.0 Å². The van der Waals surface area contributed by atoms with Crippen LogP contribution in [0.25, 0.3) is 0 Å². The second-order valence-electron chi connectivity index (χ2n) is 5.54. The van der Waals surface area contributed by atoms with Gasteiger partial charge in [0, 0.05) is 20.1 Å². The average molecular weight is 312 g/mol. The highest BCUT2D eigenvalue weighted by atomic mass is 32.2. The first-order valence-electron chi connectivity index (χ1n) is 7.39. The van der Waals surface area contributed by atoms with Gasteiger partial charge in [-0.2, -0.15) is 0 Å². The van der Waals surface area contributed by atoms with E-state index in [2.05, 4.69) is 5.32 Å². The maximum Gasteiger partial charge on any atom is 0.242 e. The molecule has 0 aromatic heterocycles. The first-order valence-corrected chi connectivity index (χ1v) is 8.83. The smallest absolute Gasteiger partial charge is 0.242 e. The molecule has 1 unspecified atom stereocenters. The molecule has 0 amide bonds. The van der Waals surface area contributed by atoms with E-state index >= 15 is 0 Å². The van der Waals surface area contributed by atoms with Crippen LogP contribution in [0.1, 0.15) is 25.7 Å². The normalized spacial score (nSPS) is 19.7. The minimum atomic E-state index is -3.36. The van der Waals surface area contributed by atoms with Crippen LogP contribution in [0.15, 0.2) is 29.2 Å². The molecule has 0 radical (unpaired) electrons. The summed E-state index contributed by atoms with van der Waals surface area (Å²) in [5.41, 5.74) is 0. The number of nitrogens with one attached hydrogen (secondary N) is 1. The standard InChI is InChI=1S/C15H24N2O3S/c1-17(2)21(18,19)15-8-6-14(7-9-15)20-12-10-13-5-3-4-11-16-13/h6-9,13,16H,3-5,10-12H2,1-2H3. The number of ether oxygens (including phenoxy) is 1. The zero-order valence-electron chi connectivity index (χ0n) is 12.7. The van der Waals surface area contributed by atoms with Gasteiger partial charge in [0.15, 0.2) is 0 Å². The van der Waals surface area contributed by atoms with E-state index in [1.807, 2.05) is 0 Å². The summed E-state index contributed by atoms with van der Waals surface area (Å²) < 4.78 is 30.8. The van der Waals surface area contributed by atoms with Gasteiger partial charge in [0.2, 0.25) is 10.0 Å². The van der Waals surface area contributed by atoms with Crippen molar-refractivity contribution in [1.29, 1.82) is 0 Å². The summed E-state index contributed by atoms with van der Waals surface area (Å²) in [7, 11) is -0.314. The molecule has 1 atom stereocenters. The minimum Gasteiger partial charge on any atom is -0.494 e. The van der Waals surface area contributed by atoms with Crippen molar-refractivity contribution in [2.24, 2.45) is 0 Å². The SMILES string of the molecule is CN(C)S(=O)(=O)c1ccc(OCCC2CCCCN2)cc1. The molecule has 21 heavy (non-hydrogen) atoms. The van der Waals surface area contributed by atoms with E-state index in [4.69, 9.17) is 4.74 Å². The van der Waals surface area contributed by atoms with E-state index in [1.54, 1.807) is 24.3 Å². The van der Waals surface area contributed by atoms with Gasteiger partial charge in [0.05, 0.1) is 11.5 Å². The third-order valence-electron chi connectivity index (χ3n) is 3.75. The van der Waals surface area contributed by atoms with Gasteiger partial charge in [0.25, 0.3) is 0 Å². The number of hydrogen-bond acceptors (Lipinski definition) is 4. The van der Waals surface area contributed by atoms with Gasteiger partial charge < -0.3 is 10.1 Å². The van der Waals surface area contributed by atoms with Gasteiger partial charge in [0.1, 0.15) is 5.75 Å². The van der Waals surface area contributed by atoms with Gasteiger partial charge in [-0.15, -0.1) is 0 Å². The Morgan fingerprint density at radius 3 is 2.52 bits per heavy atom. The molecule has 1 aromatic rings. The monoisotopic (exact) mass is 312 g/mol. The van der Waals surface area contributed by atoms with Gasteiger partial charge in [-0.3, -0.25) is 0 Å². The predicted octanol–water partition coefficient (Wildman–Crippen LogP) is 1.85. The molecule has 0 bridgehead atoms. The second kappa shape index (κ2) is 7.24. The lowest BCUT2D eigenvalue weighted by atomic mass is 10.0. The Hall–Kier alpha value is -1.11. The summed E-state index contributed by atoms with van der Waals surface area (Å²) >= 11 is 0. The molecular weight excluding hydrogens is 288 g/mol. The molecule has 0 aliphatic carbocycles. The molecule has 1 fully saturated rings. The van der Waals surface area contributed by atoms with E-state index in [1.165, 1.54) is 37.7 Å². The molecule has 1 N–H and O–H groups in total. The fourth-order valence-corrected chi connectivity index (χ4v) is 3.31. The maximum absolute atomic E-state index is 11.9. The van der Waals surface area contributed by atoms with Crippen LogP contribution in [-0.4, -0.2) is 46.0 Å². The highest BCUT2D eigenvalue weighted by Gasteiger charge is 2.17. The Labute approximate surface area is 127 Å². The van der Waals surface area contributed by atoms with Gasteiger partial charge in [-0.25, -0.2) is 12.7 Å². The Morgan fingerprint density at radius 2 is 1.95 bits per heavy atom. The summed E-state index contributed by atoms with van der Waals surface area (Å²) in [6.07, 6.45) is 4.75. The van der Waals surface area contributed by atoms with Crippen LogP contribution >= 0.6 is 0 Å². The summed E-state index contributed by atoms with van der Waals surface area (Å²) in [5, 5.41) is 3.48. The van der Waals surface area contributed by atoms with Gasteiger partial charge in [-0.1, -0.05) is 6.42 Å². The number of nitrogens with zero attached hydrogens (tertiary/aromatic N) is 1. The Morgan fingerprint density at radius 1 is 1.24 bits per heavy atom. The molecule has 1 heterocycles. The van der Waals surface area contributed by atoms with Crippen LogP contribution < -0.4 is 10.1 Å². The Kier molecular flexibility index (Phi) is 5.61. The maximum atomic E-state index is 11.9. The van der Waals surface area contributed by atoms with E-state index in [-0.39, 0.29) is 4.90 Å². The van der Waals surface area contributed by atoms with Gasteiger partial charge in [-0.05, 0) is 50.1 Å². The van der Waals surface area contributed by atoms with Crippen LogP contribution in [0.2, 0.25) is 0 Å². The minimum absolute atomic E-state index is 0.286. The lowest BCUT2D eigenvalue weighted by Gasteiger charge is -2.23. The van der Waals surface area contributed by atoms with Crippen LogP contribution in [0.3, 0.4) is 0 Å². The molecule has 0 saturated carbocycles. The Bertz CT molecular complexity index is 535. The highest BCUT2D eigenvalue weighted by Crippen LogP contribution is 2.18. The van der Waals surface area contributed by atoms with Gasteiger partial charge >= 0.3 is 0 Å². The quantitative estimate of drug-likeness (QED) is 0.871. The number of sulfonamides is 1. The van der Waals surface area contributed by atoms with Crippen molar-refractivity contribution in [2.45, 2.75) is 36.6 Å². The van der Waals surface area contributed by atoms with E-state index in [0.29, 0.717) is 18.4 Å². The molecule has 1 aliphatic heterocycles. The predicted molar refractivity (Wildman–Crippen MR) is 83.1 cm³/mol. The van der Waals surface area contributed by atoms with Crippen LogP contribution in [-0.2, 0) is 10.0 Å². The molecule has 2 rings (SSSR count). The van der Waals surface area contributed by atoms with Crippen molar-refractivity contribution in [2.75, 3.05) is 27.2 Å². The average Bonchev–Trinajstić information content (AvgIpc) is 2.49. The molecule has 5 nitrogen and oxygen atoms in total. The van der Waals surface area contributed by atoms with Crippen molar-refractivity contribution < 1.29 is 13.2 Å². The molecule has 0 spiro atoms. The zero-order valence-corrected chi connectivity index (χ0v) is 13.5. The molecule has 6 heteroatoms. The Balaban J connectivity index is 1.85. The van der Waals surface area contributed by atoms with E-state index in [0.717, 1.165) is 13.0 Å². The topological polar surface area (TPSA) is 58.6 Å². The second-order valence-corrected chi connectivity index (χ2v) is 7.69. The third-order valence-corrected chi connectivity index (χ3v) is 5.58. The van der Waals surface area contributed by atoms with Crippen molar-refractivity contribution >= 4 is 10.0 Å². The fourth-order valence-electron chi connectivity index (χ4n) is 2.41. The first kappa shape index (κ1) is 16.3. The summed E-state index contributed by atoms with van der Waals surface area (Å²) in [6.45, 7) is 1.75. The molecule has 118 valence electrons. The molecular formula is C15H24N2O3S. The number of piperidine rings is 1. The number of rotatable bonds is 6. The van der Waals surface area contributed by atoms with E-state index in [9.17, 15) is 8.42 Å². The molecule has 1 aliphatic rings. The van der Waals surface area contributed by atoms with Crippen LogP contribution in [0.5, 0.6) is 5.75 Å². The first-order chi connectivity index (χ1) is 10.00. The fraction of sp³-hybridized carbons (Fsp3) is 0.600. The van der Waals surface area contributed by atoms with Crippen molar-refractivity contribution in [3.8, 4) is 5.75 Å². The highest BCUT2D eigenvalue weighted by molar-refractivity contribution is 7.89. The van der Waals surface area contributed by atoms with Crippen LogP contribution in [0.4, 0.5) is 0 Å². The van der Waals surface area contributed by atoms with Crippen LogP contribution in [0, 0.1) is 0 Å². The number of benzene rings is 1. The molecule has 1 saturated heterocycles. The summed E-state index contributed by atoms with van der Waals surface area (Å²) in [4.78, 5) is 0.286. The number of hydrogen-bond donors (Lipinski definition) is 1. The van der Waals surface area contributed by atoms with Crippen molar-refractivity contribution in [3.05, 3.63) is 24.3 Å². The summed E-state index contributed by atoms with van der Waals surface area (Å²) in [5.74, 6) is 0.712.